The molecule has 0 spiro atoms. The second-order valence-electron chi connectivity index (χ2n) is 5.87. The first-order valence-electron chi connectivity index (χ1n) is 8.05. The number of carbonyl (C=O) groups is 2. The van der Waals surface area contributed by atoms with Crippen LogP contribution in [0.25, 0.3) is 0 Å². The van der Waals surface area contributed by atoms with Crippen molar-refractivity contribution in [2.45, 2.75) is 6.42 Å². The summed E-state index contributed by atoms with van der Waals surface area (Å²) in [6.07, 6.45) is 0.356. The van der Waals surface area contributed by atoms with Gasteiger partial charge in [0.2, 0.25) is 10.0 Å². The molecule has 0 radical (unpaired) electrons. The van der Waals surface area contributed by atoms with E-state index in [9.17, 15) is 22.4 Å². The van der Waals surface area contributed by atoms with Crippen LogP contribution in [0.1, 0.15) is 26.3 Å². The van der Waals surface area contributed by atoms with E-state index in [4.69, 9.17) is 0 Å². The lowest BCUT2D eigenvalue weighted by Crippen LogP contribution is -2.39. The Morgan fingerprint density at radius 1 is 0.962 bits per heavy atom. The van der Waals surface area contributed by atoms with Gasteiger partial charge in [0.1, 0.15) is 5.82 Å². The highest BCUT2D eigenvalue weighted by Crippen LogP contribution is 2.24. The van der Waals surface area contributed by atoms with Gasteiger partial charge >= 0.3 is 0 Å². The normalized spacial score (nSPS) is 14.0. The number of halogens is 1. The van der Waals surface area contributed by atoms with E-state index in [1.807, 2.05) is 30.3 Å². The van der Waals surface area contributed by atoms with E-state index < -0.39 is 27.7 Å². The van der Waals surface area contributed by atoms with Gasteiger partial charge in [0.15, 0.2) is 0 Å². The van der Waals surface area contributed by atoms with E-state index in [-0.39, 0.29) is 30.0 Å². The number of hydrogen-bond acceptors (Lipinski definition) is 4. The number of nitrogens with zero attached hydrogens (tertiary/aromatic N) is 1. The molecule has 2 aromatic carbocycles. The predicted octanol–water partition coefficient (Wildman–Crippen LogP) is 1.58. The summed E-state index contributed by atoms with van der Waals surface area (Å²) in [7, 11) is -3.56. The summed E-state index contributed by atoms with van der Waals surface area (Å²) in [5.41, 5.74) is 0.639. The molecule has 8 heteroatoms. The first-order chi connectivity index (χ1) is 12.4. The van der Waals surface area contributed by atoms with Crippen molar-refractivity contribution in [3.05, 3.63) is 71.0 Å². The van der Waals surface area contributed by atoms with Crippen LogP contribution in [0, 0.1) is 5.82 Å². The topological polar surface area (TPSA) is 83.6 Å². The van der Waals surface area contributed by atoms with Crippen molar-refractivity contribution < 1.29 is 22.4 Å². The number of aryl methyl sites for hydroxylation is 1. The standard InChI is InChI=1S/C18H17FN2O4S/c19-15-8-4-7-14-16(15)18(23)21(17(14)22)11-10-20-26(24,25)12-9-13-5-2-1-3-6-13/h1-8,20H,9-12H2. The number of imide groups is 1. The maximum atomic E-state index is 13.7. The summed E-state index contributed by atoms with van der Waals surface area (Å²) in [4.78, 5) is 25.2. The highest BCUT2D eigenvalue weighted by Gasteiger charge is 2.37. The molecule has 2 aromatic rings. The molecule has 0 aromatic heterocycles. The van der Waals surface area contributed by atoms with Crippen molar-refractivity contribution in [1.29, 1.82) is 0 Å². The quantitative estimate of drug-likeness (QED) is 0.744. The van der Waals surface area contributed by atoms with Gasteiger partial charge in [0.05, 0.1) is 16.9 Å². The van der Waals surface area contributed by atoms with Crippen LogP contribution in [0.2, 0.25) is 0 Å². The Bertz CT molecular complexity index is 945. The van der Waals surface area contributed by atoms with Crippen LogP contribution in [0.3, 0.4) is 0 Å². The van der Waals surface area contributed by atoms with Crippen LogP contribution in [0.5, 0.6) is 0 Å². The Balaban J connectivity index is 1.56. The van der Waals surface area contributed by atoms with Crippen LogP contribution in [-0.2, 0) is 16.4 Å². The van der Waals surface area contributed by atoms with E-state index in [1.165, 1.54) is 12.1 Å². The molecule has 0 saturated carbocycles. The Morgan fingerprint density at radius 3 is 2.38 bits per heavy atom. The number of fused-ring (bicyclic) bond motifs is 1. The first-order valence-corrected chi connectivity index (χ1v) is 9.70. The van der Waals surface area contributed by atoms with Gasteiger partial charge in [-0.25, -0.2) is 17.5 Å². The fraction of sp³-hybridized carbons (Fsp3) is 0.222. The highest BCUT2D eigenvalue weighted by atomic mass is 32.2. The zero-order chi connectivity index (χ0) is 18.7. The summed E-state index contributed by atoms with van der Waals surface area (Å²) in [5, 5.41) is 0. The molecular weight excluding hydrogens is 359 g/mol. The number of hydrogen-bond donors (Lipinski definition) is 1. The van der Waals surface area contributed by atoms with Gasteiger partial charge in [0, 0.05) is 13.1 Å². The summed E-state index contributed by atoms with van der Waals surface area (Å²) < 4.78 is 40.2. The minimum absolute atomic E-state index is 0.00179. The molecule has 1 heterocycles. The van der Waals surface area contributed by atoms with Crippen LogP contribution in [-0.4, -0.2) is 44.0 Å². The van der Waals surface area contributed by atoms with Crippen LogP contribution < -0.4 is 4.72 Å². The number of rotatable bonds is 7. The molecule has 2 amide bonds. The third-order valence-electron chi connectivity index (χ3n) is 4.11. The van der Waals surface area contributed by atoms with Crippen molar-refractivity contribution in [2.75, 3.05) is 18.8 Å². The van der Waals surface area contributed by atoms with Crippen LogP contribution in [0.15, 0.2) is 48.5 Å². The lowest BCUT2D eigenvalue weighted by molar-refractivity contribution is 0.0656. The zero-order valence-electron chi connectivity index (χ0n) is 13.8. The minimum Gasteiger partial charge on any atom is -0.273 e. The molecular formula is C18H17FN2O4S. The molecule has 0 aliphatic carbocycles. The number of sulfonamides is 1. The van der Waals surface area contributed by atoms with Crippen LogP contribution in [0.4, 0.5) is 4.39 Å². The maximum absolute atomic E-state index is 13.7. The van der Waals surface area contributed by atoms with Gasteiger partial charge in [-0.2, -0.15) is 0 Å². The molecule has 6 nitrogen and oxygen atoms in total. The monoisotopic (exact) mass is 376 g/mol. The maximum Gasteiger partial charge on any atom is 0.264 e. The zero-order valence-corrected chi connectivity index (χ0v) is 14.6. The summed E-state index contributed by atoms with van der Waals surface area (Å²) in [5.74, 6) is -2.22. The summed E-state index contributed by atoms with van der Waals surface area (Å²) in [6.45, 7) is -0.277. The number of carbonyl (C=O) groups excluding carboxylic acids is 2. The second kappa shape index (κ2) is 7.35. The first kappa shape index (κ1) is 18.2. The van der Waals surface area contributed by atoms with Gasteiger partial charge in [-0.1, -0.05) is 36.4 Å². The average molecular weight is 376 g/mol. The molecule has 26 heavy (non-hydrogen) atoms. The Morgan fingerprint density at radius 2 is 1.69 bits per heavy atom. The van der Waals surface area contributed by atoms with Gasteiger partial charge < -0.3 is 0 Å². The summed E-state index contributed by atoms with van der Waals surface area (Å²) in [6, 6.07) is 13.0. The Kier molecular flexibility index (Phi) is 5.15. The molecule has 0 fully saturated rings. The van der Waals surface area contributed by atoms with Crippen molar-refractivity contribution in [2.24, 2.45) is 0 Å². The van der Waals surface area contributed by atoms with Crippen molar-refractivity contribution in [1.82, 2.24) is 9.62 Å². The minimum atomic E-state index is -3.56. The van der Waals surface area contributed by atoms with E-state index in [0.717, 1.165) is 16.5 Å². The van der Waals surface area contributed by atoms with E-state index in [2.05, 4.69) is 4.72 Å². The highest BCUT2D eigenvalue weighted by molar-refractivity contribution is 7.89. The molecule has 1 N–H and O–H groups in total. The third kappa shape index (κ3) is 3.81. The fourth-order valence-corrected chi connectivity index (χ4v) is 3.83. The number of amides is 2. The van der Waals surface area contributed by atoms with E-state index in [1.54, 1.807) is 0 Å². The molecule has 3 rings (SSSR count). The van der Waals surface area contributed by atoms with Gasteiger partial charge in [0.25, 0.3) is 11.8 Å². The second-order valence-corrected chi connectivity index (χ2v) is 7.80. The largest absolute Gasteiger partial charge is 0.273 e. The average Bonchev–Trinajstić information content (AvgIpc) is 2.87. The molecule has 0 unspecified atom stereocenters. The fourth-order valence-electron chi connectivity index (χ4n) is 2.78. The van der Waals surface area contributed by atoms with E-state index >= 15 is 0 Å². The van der Waals surface area contributed by atoms with Gasteiger partial charge in [-0.05, 0) is 24.1 Å². The molecule has 1 aliphatic heterocycles. The van der Waals surface area contributed by atoms with Crippen molar-refractivity contribution in [3.8, 4) is 0 Å². The Labute approximate surface area is 150 Å². The molecule has 136 valence electrons. The predicted molar refractivity (Wildman–Crippen MR) is 93.7 cm³/mol. The van der Waals surface area contributed by atoms with E-state index in [0.29, 0.717) is 6.42 Å². The smallest absolute Gasteiger partial charge is 0.264 e. The van der Waals surface area contributed by atoms with Crippen LogP contribution >= 0.6 is 0 Å². The number of benzene rings is 2. The van der Waals surface area contributed by atoms with Crippen molar-refractivity contribution in [3.63, 3.8) is 0 Å². The van der Waals surface area contributed by atoms with Gasteiger partial charge in [-0.15, -0.1) is 0 Å². The molecule has 0 saturated heterocycles. The number of nitrogens with one attached hydrogen (secondary N) is 1. The Hall–Kier alpha value is -2.58. The third-order valence-corrected chi connectivity index (χ3v) is 5.49. The van der Waals surface area contributed by atoms with Crippen molar-refractivity contribution >= 4 is 21.8 Å². The molecule has 0 bridgehead atoms. The SMILES string of the molecule is O=C1c2cccc(F)c2C(=O)N1CCNS(=O)(=O)CCc1ccccc1. The lowest BCUT2D eigenvalue weighted by atomic mass is 10.1. The molecule has 0 atom stereocenters. The summed E-state index contributed by atoms with van der Waals surface area (Å²) >= 11 is 0. The van der Waals surface area contributed by atoms with Gasteiger partial charge in [-0.3, -0.25) is 14.5 Å². The molecule has 1 aliphatic rings. The lowest BCUT2D eigenvalue weighted by Gasteiger charge is -2.14.